The molecule has 0 spiro atoms. The maximum absolute atomic E-state index is 12.9. The molecule has 0 aromatic heterocycles. The van der Waals surface area contributed by atoms with E-state index in [1.54, 1.807) is 18.2 Å². The number of nitrogen functional groups attached to an aromatic ring is 1. The van der Waals surface area contributed by atoms with Crippen molar-refractivity contribution in [2.45, 2.75) is 0 Å². The van der Waals surface area contributed by atoms with Gasteiger partial charge in [0, 0.05) is 4.47 Å². The van der Waals surface area contributed by atoms with E-state index in [0.717, 1.165) is 4.47 Å². The van der Waals surface area contributed by atoms with E-state index in [9.17, 15) is 4.39 Å². The Kier molecular flexibility index (Phi) is 3.54. The van der Waals surface area contributed by atoms with Gasteiger partial charge in [0.15, 0.2) is 5.75 Å². The molecule has 88 valence electrons. The van der Waals surface area contributed by atoms with Gasteiger partial charge in [-0.25, -0.2) is 4.39 Å². The predicted molar refractivity (Wildman–Crippen MR) is 70.0 cm³/mol. The Hall–Kier alpha value is -1.26. The second-order valence-electron chi connectivity index (χ2n) is 3.36. The highest BCUT2D eigenvalue weighted by atomic mass is 79.9. The minimum Gasteiger partial charge on any atom is -0.454 e. The van der Waals surface area contributed by atoms with Crippen molar-refractivity contribution in [2.24, 2.45) is 0 Å². The highest BCUT2D eigenvalue weighted by Crippen LogP contribution is 2.34. The highest BCUT2D eigenvalue weighted by molar-refractivity contribution is 9.10. The summed E-state index contributed by atoms with van der Waals surface area (Å²) >= 11 is 9.17. The Bertz CT molecular complexity index is 562. The first-order valence-corrected chi connectivity index (χ1v) is 5.91. The lowest BCUT2D eigenvalue weighted by Crippen LogP contribution is -1.92. The molecule has 2 aromatic rings. The van der Waals surface area contributed by atoms with Gasteiger partial charge in [-0.3, -0.25) is 0 Å². The van der Waals surface area contributed by atoms with Gasteiger partial charge in [0.05, 0.1) is 10.7 Å². The van der Waals surface area contributed by atoms with Crippen LogP contribution in [0.25, 0.3) is 0 Å². The highest BCUT2D eigenvalue weighted by Gasteiger charge is 2.07. The average molecular weight is 317 g/mol. The zero-order valence-electron chi connectivity index (χ0n) is 8.58. The lowest BCUT2D eigenvalue weighted by Gasteiger charge is -2.10. The number of benzene rings is 2. The van der Waals surface area contributed by atoms with Crippen LogP contribution >= 0.6 is 27.5 Å². The van der Waals surface area contributed by atoms with E-state index in [4.69, 9.17) is 22.1 Å². The molecule has 2 aromatic carbocycles. The third-order valence-electron chi connectivity index (χ3n) is 2.09. The Morgan fingerprint density at radius 3 is 2.59 bits per heavy atom. The Morgan fingerprint density at radius 2 is 1.88 bits per heavy atom. The van der Waals surface area contributed by atoms with Gasteiger partial charge in [-0.15, -0.1) is 0 Å². The summed E-state index contributed by atoms with van der Waals surface area (Å²) in [7, 11) is 0. The molecule has 0 unspecified atom stereocenters. The van der Waals surface area contributed by atoms with Gasteiger partial charge in [0.2, 0.25) is 0 Å². The van der Waals surface area contributed by atoms with Gasteiger partial charge in [0.25, 0.3) is 0 Å². The molecule has 0 aliphatic heterocycles. The summed E-state index contributed by atoms with van der Waals surface area (Å²) in [4.78, 5) is 0. The van der Waals surface area contributed by atoms with Crippen LogP contribution in [0, 0.1) is 5.82 Å². The minimum atomic E-state index is -0.412. The van der Waals surface area contributed by atoms with Crippen LogP contribution in [-0.2, 0) is 0 Å². The summed E-state index contributed by atoms with van der Waals surface area (Å²) in [6, 6.07) is 9.14. The molecule has 17 heavy (non-hydrogen) atoms. The van der Waals surface area contributed by atoms with Crippen molar-refractivity contribution in [2.75, 3.05) is 5.73 Å². The van der Waals surface area contributed by atoms with Crippen molar-refractivity contribution in [3.8, 4) is 11.5 Å². The molecule has 0 saturated carbocycles. The summed E-state index contributed by atoms with van der Waals surface area (Å²) in [6.45, 7) is 0. The van der Waals surface area contributed by atoms with Crippen molar-refractivity contribution in [1.82, 2.24) is 0 Å². The smallest absolute Gasteiger partial charge is 0.151 e. The van der Waals surface area contributed by atoms with Crippen LogP contribution in [0.15, 0.2) is 40.9 Å². The number of hydrogen-bond donors (Lipinski definition) is 1. The van der Waals surface area contributed by atoms with Gasteiger partial charge < -0.3 is 10.5 Å². The van der Waals surface area contributed by atoms with Crippen molar-refractivity contribution < 1.29 is 9.13 Å². The number of rotatable bonds is 2. The normalized spacial score (nSPS) is 10.3. The van der Waals surface area contributed by atoms with E-state index in [2.05, 4.69) is 15.9 Å². The summed E-state index contributed by atoms with van der Waals surface area (Å²) in [5.74, 6) is 0.412. The van der Waals surface area contributed by atoms with E-state index in [0.29, 0.717) is 17.2 Å². The van der Waals surface area contributed by atoms with Crippen molar-refractivity contribution in [3.05, 3.63) is 51.7 Å². The summed E-state index contributed by atoms with van der Waals surface area (Å²) in [5, 5.41) is 0.198. The topological polar surface area (TPSA) is 35.2 Å². The van der Waals surface area contributed by atoms with Gasteiger partial charge in [0.1, 0.15) is 11.6 Å². The van der Waals surface area contributed by atoms with E-state index in [1.807, 2.05) is 0 Å². The molecule has 2 nitrogen and oxygen atoms in total. The molecule has 0 bridgehead atoms. The minimum absolute atomic E-state index is 0.198. The summed E-state index contributed by atoms with van der Waals surface area (Å²) < 4.78 is 19.2. The van der Waals surface area contributed by atoms with Crippen LogP contribution in [0.1, 0.15) is 0 Å². The van der Waals surface area contributed by atoms with Crippen LogP contribution in [0.5, 0.6) is 11.5 Å². The van der Waals surface area contributed by atoms with Gasteiger partial charge in [-0.2, -0.15) is 0 Å². The standard InChI is InChI=1S/C12H8BrClFNO/c13-7-1-3-10(16)12(5-7)17-11-4-2-8(15)6-9(11)14/h1-6H,16H2. The average Bonchev–Trinajstić information content (AvgIpc) is 2.27. The molecule has 0 saturated heterocycles. The molecule has 2 N–H and O–H groups in total. The summed E-state index contributed by atoms with van der Waals surface area (Å²) in [5.41, 5.74) is 6.23. The maximum atomic E-state index is 12.9. The monoisotopic (exact) mass is 315 g/mol. The van der Waals surface area contributed by atoms with Crippen LogP contribution < -0.4 is 10.5 Å². The number of hydrogen-bond acceptors (Lipinski definition) is 2. The Labute approximate surface area is 111 Å². The van der Waals surface area contributed by atoms with Gasteiger partial charge in [-0.05, 0) is 36.4 Å². The van der Waals surface area contributed by atoms with E-state index < -0.39 is 5.82 Å². The molecule has 0 fully saturated rings. The predicted octanol–water partition coefficient (Wildman–Crippen LogP) is 4.62. The molecular formula is C12H8BrClFNO. The SMILES string of the molecule is Nc1ccc(Br)cc1Oc1ccc(F)cc1Cl. The van der Waals surface area contributed by atoms with Crippen molar-refractivity contribution in [3.63, 3.8) is 0 Å². The molecule has 0 heterocycles. The van der Waals surface area contributed by atoms with Crippen LogP contribution in [0.3, 0.4) is 0 Å². The number of anilines is 1. The molecular weight excluding hydrogens is 308 g/mol. The molecule has 0 radical (unpaired) electrons. The van der Waals surface area contributed by atoms with E-state index >= 15 is 0 Å². The first kappa shape index (κ1) is 12.2. The van der Waals surface area contributed by atoms with E-state index in [1.165, 1.54) is 18.2 Å². The Morgan fingerprint density at radius 1 is 1.12 bits per heavy atom. The van der Waals surface area contributed by atoms with Gasteiger partial charge >= 0.3 is 0 Å². The third kappa shape index (κ3) is 2.90. The fourth-order valence-electron chi connectivity index (χ4n) is 1.27. The second kappa shape index (κ2) is 4.94. The molecule has 2 rings (SSSR count). The number of ether oxygens (including phenoxy) is 1. The zero-order valence-corrected chi connectivity index (χ0v) is 10.9. The lowest BCUT2D eigenvalue weighted by atomic mass is 10.3. The fraction of sp³-hybridized carbons (Fsp3) is 0. The largest absolute Gasteiger partial charge is 0.454 e. The van der Waals surface area contributed by atoms with E-state index in [-0.39, 0.29) is 5.02 Å². The zero-order chi connectivity index (χ0) is 12.4. The molecule has 0 amide bonds. The number of nitrogens with two attached hydrogens (primary N) is 1. The number of halogens is 3. The second-order valence-corrected chi connectivity index (χ2v) is 4.68. The molecule has 0 aliphatic rings. The van der Waals surface area contributed by atoms with Crippen molar-refractivity contribution in [1.29, 1.82) is 0 Å². The van der Waals surface area contributed by atoms with Gasteiger partial charge in [-0.1, -0.05) is 27.5 Å². The fourth-order valence-corrected chi connectivity index (χ4v) is 1.82. The van der Waals surface area contributed by atoms with Crippen LogP contribution in [0.4, 0.5) is 10.1 Å². The lowest BCUT2D eigenvalue weighted by molar-refractivity contribution is 0.483. The molecule has 0 aliphatic carbocycles. The molecule has 0 atom stereocenters. The maximum Gasteiger partial charge on any atom is 0.151 e. The van der Waals surface area contributed by atoms with Crippen molar-refractivity contribution >= 4 is 33.2 Å². The molecule has 5 heteroatoms. The van der Waals surface area contributed by atoms with Crippen LogP contribution in [-0.4, -0.2) is 0 Å². The van der Waals surface area contributed by atoms with Crippen LogP contribution in [0.2, 0.25) is 5.02 Å². The summed E-state index contributed by atoms with van der Waals surface area (Å²) in [6.07, 6.45) is 0. The first-order valence-electron chi connectivity index (χ1n) is 4.74. The third-order valence-corrected chi connectivity index (χ3v) is 2.88. The Balaban J connectivity index is 2.34. The quantitative estimate of drug-likeness (QED) is 0.821. The first-order chi connectivity index (χ1) is 8.06.